The van der Waals surface area contributed by atoms with E-state index >= 15 is 0 Å². The SMILES string of the molecule is O=C(COc1ccccc1[C@H]1c2sc(=O)[nH]c2SC2C1[C@H]1C[C@@H]2C2C(=O)N(c3ccc(Cl)cc3)C(=O)C21)Nc1ccc(Cl)cc1. The van der Waals surface area contributed by atoms with Gasteiger partial charge in [-0.1, -0.05) is 52.7 Å². The van der Waals surface area contributed by atoms with Crippen molar-refractivity contribution in [2.24, 2.45) is 29.6 Å². The summed E-state index contributed by atoms with van der Waals surface area (Å²) in [7, 11) is 0. The summed E-state index contributed by atoms with van der Waals surface area (Å²) < 4.78 is 6.14. The Morgan fingerprint density at radius 1 is 0.911 bits per heavy atom. The lowest BCUT2D eigenvalue weighted by Crippen LogP contribution is -2.42. The van der Waals surface area contributed by atoms with Crippen molar-refractivity contribution >= 4 is 75.4 Å². The first kappa shape index (κ1) is 28.9. The molecular formula is C33H25Cl2N3O5S2. The number of hydrogen-bond acceptors (Lipinski definition) is 7. The highest BCUT2D eigenvalue weighted by Gasteiger charge is 2.69. The summed E-state index contributed by atoms with van der Waals surface area (Å²) in [6.45, 7) is -0.217. The van der Waals surface area contributed by atoms with E-state index < -0.39 is 11.8 Å². The molecule has 2 N–H and O–H groups in total. The minimum absolute atomic E-state index is 0.00485. The molecule has 12 heteroatoms. The molecule has 45 heavy (non-hydrogen) atoms. The molecule has 1 saturated heterocycles. The Labute approximate surface area is 276 Å². The van der Waals surface area contributed by atoms with Crippen LogP contribution in [0.3, 0.4) is 0 Å². The molecule has 0 spiro atoms. The second-order valence-electron chi connectivity index (χ2n) is 11.8. The lowest BCUT2D eigenvalue weighted by Gasteiger charge is -2.43. The molecule has 2 aliphatic heterocycles. The highest BCUT2D eigenvalue weighted by molar-refractivity contribution is 8.00. The van der Waals surface area contributed by atoms with Crippen LogP contribution in [-0.4, -0.2) is 34.6 Å². The van der Waals surface area contributed by atoms with Gasteiger partial charge in [-0.05, 0) is 78.8 Å². The molecule has 3 heterocycles. The smallest absolute Gasteiger partial charge is 0.305 e. The maximum atomic E-state index is 14.0. The van der Waals surface area contributed by atoms with Crippen LogP contribution in [0.4, 0.5) is 11.4 Å². The molecule has 3 aromatic carbocycles. The van der Waals surface area contributed by atoms with Gasteiger partial charge >= 0.3 is 4.87 Å². The number of fused-ring (bicyclic) bond motifs is 9. The zero-order valence-corrected chi connectivity index (χ0v) is 26.6. The van der Waals surface area contributed by atoms with Gasteiger partial charge in [0.15, 0.2) is 6.61 Å². The van der Waals surface area contributed by atoms with Crippen molar-refractivity contribution < 1.29 is 19.1 Å². The minimum atomic E-state index is -0.432. The molecule has 2 aliphatic carbocycles. The Bertz CT molecular complexity index is 1910. The Morgan fingerprint density at radius 2 is 1.58 bits per heavy atom. The predicted molar refractivity (Wildman–Crippen MR) is 174 cm³/mol. The van der Waals surface area contributed by atoms with Crippen LogP contribution >= 0.6 is 46.3 Å². The number of anilines is 2. The predicted octanol–water partition coefficient (Wildman–Crippen LogP) is 6.44. The van der Waals surface area contributed by atoms with E-state index in [-0.39, 0.29) is 58.1 Å². The lowest BCUT2D eigenvalue weighted by atomic mass is 9.68. The standard InChI is InChI=1S/C33H25Cl2N3O5S2/c34-15-5-9-17(10-6-15)36-23(39)14-43-22-4-2-1-3-19(22)24-25-20-13-21(28(25)44-30-29(24)45-33(42)37-30)27-26(20)31(40)38(32(27)41)18-11-7-16(35)8-12-18/h1-12,20-21,24-28H,13-14H2,(H,36,39)(H,37,42)/t20-,21-,24-,25?,26?,27?,28?/m1/s1. The van der Waals surface area contributed by atoms with Crippen LogP contribution in [0.15, 0.2) is 82.6 Å². The van der Waals surface area contributed by atoms with Gasteiger partial charge in [-0.15, -0.1) is 11.8 Å². The maximum Gasteiger partial charge on any atom is 0.305 e. The van der Waals surface area contributed by atoms with Crippen molar-refractivity contribution in [1.29, 1.82) is 0 Å². The van der Waals surface area contributed by atoms with E-state index in [4.69, 9.17) is 27.9 Å². The van der Waals surface area contributed by atoms with Crippen molar-refractivity contribution in [3.05, 3.63) is 103 Å². The zero-order chi connectivity index (χ0) is 31.0. The number of nitrogens with one attached hydrogen (secondary N) is 2. The van der Waals surface area contributed by atoms with E-state index in [1.807, 2.05) is 24.3 Å². The third-order valence-electron chi connectivity index (χ3n) is 9.55. The molecule has 2 saturated carbocycles. The fraction of sp³-hybridized carbons (Fsp3) is 0.273. The molecule has 0 radical (unpaired) electrons. The molecule has 3 fully saturated rings. The summed E-state index contributed by atoms with van der Waals surface area (Å²) in [5.74, 6) is -1.25. The monoisotopic (exact) mass is 677 g/mol. The highest BCUT2D eigenvalue weighted by atomic mass is 35.5. The van der Waals surface area contributed by atoms with Gasteiger partial charge in [-0.2, -0.15) is 0 Å². The molecule has 8 rings (SSSR count). The Hall–Kier alpha value is -3.57. The summed E-state index contributed by atoms with van der Waals surface area (Å²) in [4.78, 5) is 58.4. The number of amides is 3. The van der Waals surface area contributed by atoms with Gasteiger partial charge in [0.1, 0.15) is 5.75 Å². The number of H-pyrrole nitrogens is 1. The first-order valence-corrected chi connectivity index (χ1v) is 17.0. The number of carbonyl (C=O) groups is 3. The number of thiazole rings is 1. The number of aromatic nitrogens is 1. The number of aromatic amines is 1. The Morgan fingerprint density at radius 3 is 2.31 bits per heavy atom. The first-order chi connectivity index (χ1) is 21.8. The molecular weight excluding hydrogens is 653 g/mol. The quantitative estimate of drug-likeness (QED) is 0.228. The van der Waals surface area contributed by atoms with E-state index in [0.29, 0.717) is 27.2 Å². The zero-order valence-electron chi connectivity index (χ0n) is 23.4. The summed E-state index contributed by atoms with van der Waals surface area (Å²) in [6, 6.07) is 21.2. The summed E-state index contributed by atoms with van der Waals surface area (Å²) >= 11 is 14.9. The highest BCUT2D eigenvalue weighted by Crippen LogP contribution is 2.69. The molecule has 3 amide bonds. The number of para-hydroxylation sites is 1. The maximum absolute atomic E-state index is 14.0. The van der Waals surface area contributed by atoms with Crippen LogP contribution < -0.4 is 19.8 Å². The second-order valence-corrected chi connectivity index (χ2v) is 14.9. The van der Waals surface area contributed by atoms with Crippen molar-refractivity contribution in [2.75, 3.05) is 16.8 Å². The van der Waals surface area contributed by atoms with E-state index in [2.05, 4.69) is 10.3 Å². The average Bonchev–Trinajstić information content (AvgIpc) is 3.77. The molecule has 2 bridgehead atoms. The number of halogens is 2. The van der Waals surface area contributed by atoms with Crippen LogP contribution in [0.1, 0.15) is 22.8 Å². The molecule has 1 aromatic heterocycles. The first-order valence-electron chi connectivity index (χ1n) is 14.6. The van der Waals surface area contributed by atoms with Gasteiger partial charge < -0.3 is 15.0 Å². The molecule has 8 nitrogen and oxygen atoms in total. The number of thioether (sulfide) groups is 1. The van der Waals surface area contributed by atoms with Gasteiger partial charge in [0.05, 0.1) is 22.5 Å². The fourth-order valence-corrected chi connectivity index (χ4v) is 11.1. The molecule has 4 aliphatic rings. The van der Waals surface area contributed by atoms with Crippen LogP contribution in [0.2, 0.25) is 10.0 Å². The number of benzene rings is 3. The van der Waals surface area contributed by atoms with E-state index in [0.717, 1.165) is 21.9 Å². The Kier molecular flexibility index (Phi) is 7.09. The minimum Gasteiger partial charge on any atom is -0.483 e. The van der Waals surface area contributed by atoms with Crippen LogP contribution in [0.5, 0.6) is 5.75 Å². The van der Waals surface area contributed by atoms with Crippen molar-refractivity contribution in [3.8, 4) is 5.75 Å². The van der Waals surface area contributed by atoms with Crippen molar-refractivity contribution in [3.63, 3.8) is 0 Å². The van der Waals surface area contributed by atoms with Gasteiger partial charge in [0, 0.05) is 37.3 Å². The normalized spacial score (nSPS) is 27.7. The largest absolute Gasteiger partial charge is 0.483 e. The fourth-order valence-electron chi connectivity index (χ4n) is 7.95. The van der Waals surface area contributed by atoms with Gasteiger partial charge in [-0.25, -0.2) is 0 Å². The topological polar surface area (TPSA) is 109 Å². The van der Waals surface area contributed by atoms with Crippen molar-refractivity contribution in [2.45, 2.75) is 22.6 Å². The number of carbonyl (C=O) groups excluding carboxylic acids is 3. The average molecular weight is 679 g/mol. The summed E-state index contributed by atoms with van der Waals surface area (Å²) in [5.41, 5.74) is 2.00. The van der Waals surface area contributed by atoms with Crippen molar-refractivity contribution in [1.82, 2.24) is 4.98 Å². The molecule has 7 atom stereocenters. The summed E-state index contributed by atoms with van der Waals surface area (Å²) in [5, 5.41) is 4.76. The number of nitrogens with zero attached hydrogens (tertiary/aromatic N) is 1. The van der Waals surface area contributed by atoms with E-state index in [1.165, 1.54) is 16.2 Å². The lowest BCUT2D eigenvalue weighted by molar-refractivity contribution is -0.123. The van der Waals surface area contributed by atoms with Gasteiger partial charge in [0.25, 0.3) is 5.91 Å². The van der Waals surface area contributed by atoms with E-state index in [9.17, 15) is 19.2 Å². The molecule has 228 valence electrons. The number of hydrogen-bond donors (Lipinski definition) is 2. The molecule has 4 unspecified atom stereocenters. The van der Waals surface area contributed by atoms with Gasteiger partial charge in [-0.3, -0.25) is 24.1 Å². The number of ether oxygens (including phenoxy) is 1. The van der Waals surface area contributed by atoms with Gasteiger partial charge in [0.2, 0.25) is 11.8 Å². The van der Waals surface area contributed by atoms with Crippen LogP contribution in [0, 0.1) is 29.6 Å². The van der Waals surface area contributed by atoms with Crippen LogP contribution in [-0.2, 0) is 14.4 Å². The second kappa shape index (κ2) is 11.0. The third kappa shape index (κ3) is 4.72. The van der Waals surface area contributed by atoms with Crippen LogP contribution in [0.25, 0.3) is 0 Å². The molecule has 4 aromatic rings. The number of imide groups is 1. The summed E-state index contributed by atoms with van der Waals surface area (Å²) in [6.07, 6.45) is 0.770. The number of rotatable bonds is 6. The Balaban J connectivity index is 1.12. The third-order valence-corrected chi connectivity index (χ3v) is 12.6. The van der Waals surface area contributed by atoms with E-state index in [1.54, 1.807) is 60.3 Å².